The van der Waals surface area contributed by atoms with Crippen molar-refractivity contribution in [3.05, 3.63) is 34.6 Å². The summed E-state index contributed by atoms with van der Waals surface area (Å²) in [6, 6.07) is 8.17. The molecule has 1 unspecified atom stereocenters. The molecule has 1 atom stereocenters. The van der Waals surface area contributed by atoms with Gasteiger partial charge in [0.1, 0.15) is 0 Å². The van der Waals surface area contributed by atoms with E-state index in [9.17, 15) is 0 Å². The van der Waals surface area contributed by atoms with Gasteiger partial charge in [-0.1, -0.05) is 54.0 Å². The Hall–Kier alpha value is -1.20. The number of hydrogen-bond acceptors (Lipinski definition) is 4. The third-order valence-corrected chi connectivity index (χ3v) is 3.82. The molecule has 0 saturated heterocycles. The molecule has 0 spiro atoms. The number of nitrogens with one attached hydrogen (secondary N) is 1. The number of likely N-dealkylation sites (N-methyl/N-ethyl adjacent to an activating group) is 1. The number of rotatable bonds is 4. The molecule has 2 aromatic rings. The second kappa shape index (κ2) is 6.06. The third-order valence-electron chi connectivity index (χ3n) is 3.32. The molecule has 1 aromatic carbocycles. The van der Waals surface area contributed by atoms with Crippen LogP contribution in [0, 0.1) is 5.41 Å². The Labute approximate surface area is 128 Å². The largest absolute Gasteiger partial charge is 0.339 e. The van der Waals surface area contributed by atoms with Gasteiger partial charge in [-0.25, -0.2) is 0 Å². The first-order chi connectivity index (χ1) is 9.40. The second-order valence-corrected chi connectivity index (χ2v) is 6.85. The Morgan fingerprint density at radius 2 is 2.10 bits per heavy atom. The van der Waals surface area contributed by atoms with E-state index in [1.54, 1.807) is 0 Å². The minimum Gasteiger partial charge on any atom is -0.339 e. The van der Waals surface area contributed by atoms with E-state index >= 15 is 0 Å². The van der Waals surface area contributed by atoms with E-state index in [1.807, 2.05) is 31.3 Å². The highest BCUT2D eigenvalue weighted by Gasteiger charge is 2.25. The second-order valence-electron chi connectivity index (χ2n) is 5.93. The highest BCUT2D eigenvalue weighted by atomic mass is 79.9. The van der Waals surface area contributed by atoms with Crippen molar-refractivity contribution < 1.29 is 4.52 Å². The van der Waals surface area contributed by atoms with Gasteiger partial charge in [0, 0.05) is 22.5 Å². The molecule has 2 rings (SSSR count). The molecule has 1 N–H and O–H groups in total. The maximum absolute atomic E-state index is 5.37. The number of halogens is 1. The van der Waals surface area contributed by atoms with E-state index < -0.39 is 0 Å². The Kier molecular flexibility index (Phi) is 4.60. The zero-order chi connectivity index (χ0) is 14.8. The molecule has 0 amide bonds. The van der Waals surface area contributed by atoms with Gasteiger partial charge in [-0.2, -0.15) is 4.98 Å². The molecule has 0 aliphatic rings. The molecule has 0 radical (unpaired) electrons. The fourth-order valence-corrected chi connectivity index (χ4v) is 2.50. The summed E-state index contributed by atoms with van der Waals surface area (Å²) in [7, 11) is 1.96. The van der Waals surface area contributed by atoms with Crippen LogP contribution in [0.25, 0.3) is 11.4 Å². The van der Waals surface area contributed by atoms with Gasteiger partial charge in [0.05, 0.1) is 0 Å². The predicted octanol–water partition coefficient (Wildman–Crippen LogP) is 3.68. The summed E-state index contributed by atoms with van der Waals surface area (Å²) in [5.74, 6) is 1.29. The topological polar surface area (TPSA) is 51.0 Å². The van der Waals surface area contributed by atoms with Gasteiger partial charge in [-0.15, -0.1) is 0 Å². The van der Waals surface area contributed by atoms with Gasteiger partial charge in [0.2, 0.25) is 11.7 Å². The Morgan fingerprint density at radius 1 is 1.35 bits per heavy atom. The average Bonchev–Trinajstić information content (AvgIpc) is 2.83. The van der Waals surface area contributed by atoms with Crippen molar-refractivity contribution in [2.45, 2.75) is 33.2 Å². The average molecular weight is 338 g/mol. The van der Waals surface area contributed by atoms with Crippen LogP contribution in [0.4, 0.5) is 0 Å². The van der Waals surface area contributed by atoms with Crippen molar-refractivity contribution in [2.24, 2.45) is 5.41 Å². The van der Waals surface area contributed by atoms with Crippen LogP contribution in [-0.2, 0) is 6.42 Å². The lowest BCUT2D eigenvalue weighted by molar-refractivity contribution is 0.255. The summed E-state index contributed by atoms with van der Waals surface area (Å²) in [6.45, 7) is 6.58. The maximum Gasteiger partial charge on any atom is 0.228 e. The first-order valence-corrected chi connectivity index (χ1v) is 7.45. The zero-order valence-electron chi connectivity index (χ0n) is 12.3. The van der Waals surface area contributed by atoms with Gasteiger partial charge in [0.15, 0.2) is 0 Å². The summed E-state index contributed by atoms with van der Waals surface area (Å²) in [6.07, 6.45) is 0.723. The lowest BCUT2D eigenvalue weighted by Crippen LogP contribution is -2.39. The standard InChI is InChI=1S/C15H20BrN3O/c1-15(2,3)12(17-4)9-13-18-14(19-20-13)10-6-5-7-11(16)8-10/h5-8,12,17H,9H2,1-4H3. The molecule has 1 aromatic heterocycles. The molecule has 0 aliphatic carbocycles. The van der Waals surface area contributed by atoms with E-state index in [0.717, 1.165) is 16.5 Å². The Morgan fingerprint density at radius 3 is 2.70 bits per heavy atom. The van der Waals surface area contributed by atoms with Gasteiger partial charge in [-0.3, -0.25) is 0 Å². The molecular formula is C15H20BrN3O. The van der Waals surface area contributed by atoms with Crippen molar-refractivity contribution in [3.63, 3.8) is 0 Å². The normalized spacial score (nSPS) is 13.4. The first kappa shape index (κ1) is 15.2. The lowest BCUT2D eigenvalue weighted by Gasteiger charge is -2.29. The van der Waals surface area contributed by atoms with Crippen LogP contribution >= 0.6 is 15.9 Å². The number of aromatic nitrogens is 2. The maximum atomic E-state index is 5.37. The molecule has 4 nitrogen and oxygen atoms in total. The van der Waals surface area contributed by atoms with Crippen LogP contribution in [0.1, 0.15) is 26.7 Å². The first-order valence-electron chi connectivity index (χ1n) is 6.66. The predicted molar refractivity (Wildman–Crippen MR) is 83.4 cm³/mol. The van der Waals surface area contributed by atoms with Crippen molar-refractivity contribution in [2.75, 3.05) is 7.05 Å². The fourth-order valence-electron chi connectivity index (χ4n) is 2.10. The van der Waals surface area contributed by atoms with Crippen LogP contribution in [-0.4, -0.2) is 23.2 Å². The van der Waals surface area contributed by atoms with Crippen LogP contribution in [0.2, 0.25) is 0 Å². The summed E-state index contributed by atoms with van der Waals surface area (Å²) in [5.41, 5.74) is 1.09. The minimum absolute atomic E-state index is 0.138. The van der Waals surface area contributed by atoms with Gasteiger partial charge in [0.25, 0.3) is 0 Å². The van der Waals surface area contributed by atoms with E-state index in [1.165, 1.54) is 0 Å². The van der Waals surface area contributed by atoms with Gasteiger partial charge >= 0.3 is 0 Å². The molecule has 0 bridgehead atoms. The van der Waals surface area contributed by atoms with E-state index in [4.69, 9.17) is 4.52 Å². The summed E-state index contributed by atoms with van der Waals surface area (Å²) < 4.78 is 6.37. The summed E-state index contributed by atoms with van der Waals surface area (Å²) in [4.78, 5) is 4.48. The SMILES string of the molecule is CNC(Cc1nc(-c2cccc(Br)c2)no1)C(C)(C)C. The van der Waals surface area contributed by atoms with Crippen LogP contribution in [0.3, 0.4) is 0 Å². The van der Waals surface area contributed by atoms with E-state index in [2.05, 4.69) is 52.2 Å². The van der Waals surface area contributed by atoms with Crippen LogP contribution in [0.5, 0.6) is 0 Å². The molecule has 5 heteroatoms. The smallest absolute Gasteiger partial charge is 0.228 e. The third kappa shape index (κ3) is 3.67. The highest BCUT2D eigenvalue weighted by Crippen LogP contribution is 2.24. The molecule has 0 saturated carbocycles. The van der Waals surface area contributed by atoms with Crippen molar-refractivity contribution in [1.29, 1.82) is 0 Å². The van der Waals surface area contributed by atoms with Crippen molar-refractivity contribution in [1.82, 2.24) is 15.5 Å². The highest BCUT2D eigenvalue weighted by molar-refractivity contribution is 9.10. The number of nitrogens with zero attached hydrogens (tertiary/aromatic N) is 2. The van der Waals surface area contributed by atoms with Crippen LogP contribution in [0.15, 0.2) is 33.3 Å². The van der Waals surface area contributed by atoms with Crippen molar-refractivity contribution >= 4 is 15.9 Å². The monoisotopic (exact) mass is 337 g/mol. The zero-order valence-corrected chi connectivity index (χ0v) is 13.9. The van der Waals surface area contributed by atoms with E-state index in [-0.39, 0.29) is 5.41 Å². The van der Waals surface area contributed by atoms with Crippen LogP contribution < -0.4 is 5.32 Å². The molecule has 0 fully saturated rings. The molecule has 108 valence electrons. The minimum atomic E-state index is 0.138. The van der Waals surface area contributed by atoms with Gasteiger partial charge < -0.3 is 9.84 Å². The molecule has 0 aliphatic heterocycles. The lowest BCUT2D eigenvalue weighted by atomic mass is 9.85. The summed E-state index contributed by atoms with van der Waals surface area (Å²) in [5, 5.41) is 7.38. The number of hydrogen-bond donors (Lipinski definition) is 1. The number of benzene rings is 1. The van der Waals surface area contributed by atoms with Crippen molar-refractivity contribution in [3.8, 4) is 11.4 Å². The Balaban J connectivity index is 2.17. The summed E-state index contributed by atoms with van der Waals surface area (Å²) >= 11 is 3.45. The Bertz CT molecular complexity index is 574. The fraction of sp³-hybridized carbons (Fsp3) is 0.467. The van der Waals surface area contributed by atoms with Gasteiger partial charge in [-0.05, 0) is 24.6 Å². The van der Waals surface area contributed by atoms with E-state index in [0.29, 0.717) is 17.8 Å². The molecule has 1 heterocycles. The quantitative estimate of drug-likeness (QED) is 0.924. The molecule has 20 heavy (non-hydrogen) atoms. The molecular weight excluding hydrogens is 318 g/mol.